The molecule has 1 atom stereocenters. The lowest BCUT2D eigenvalue weighted by Crippen LogP contribution is -2.14. The molecule has 0 aliphatic carbocycles. The van der Waals surface area contributed by atoms with Crippen molar-refractivity contribution < 1.29 is 19.1 Å². The Hall–Kier alpha value is -1.92. The van der Waals surface area contributed by atoms with Gasteiger partial charge >= 0.3 is 11.9 Å². The van der Waals surface area contributed by atoms with Gasteiger partial charge < -0.3 is 9.47 Å². The summed E-state index contributed by atoms with van der Waals surface area (Å²) in [4.78, 5) is 22.6. The van der Waals surface area contributed by atoms with Crippen LogP contribution >= 0.6 is 0 Å². The SMILES string of the molecule is CCOC(=O)c1cn(C2CCOC2=O)nn1. The molecule has 7 heteroatoms. The van der Waals surface area contributed by atoms with Crippen LogP contribution in [0.25, 0.3) is 0 Å². The van der Waals surface area contributed by atoms with Gasteiger partial charge in [-0.05, 0) is 6.92 Å². The molecule has 1 aromatic heterocycles. The molecule has 1 aliphatic heterocycles. The predicted octanol–water partition coefficient (Wildman–Crippen LogP) is -0.0572. The number of hydrogen-bond donors (Lipinski definition) is 0. The second-order valence-electron chi connectivity index (χ2n) is 3.28. The lowest BCUT2D eigenvalue weighted by atomic mass is 10.2. The van der Waals surface area contributed by atoms with Crippen LogP contribution in [0, 0.1) is 0 Å². The summed E-state index contributed by atoms with van der Waals surface area (Å²) in [6.07, 6.45) is 1.94. The van der Waals surface area contributed by atoms with Gasteiger partial charge in [0.1, 0.15) is 0 Å². The predicted molar refractivity (Wildman–Crippen MR) is 50.6 cm³/mol. The molecule has 0 bridgehead atoms. The Morgan fingerprint density at radius 2 is 2.56 bits per heavy atom. The summed E-state index contributed by atoms with van der Waals surface area (Å²) < 4.78 is 10.9. The van der Waals surface area contributed by atoms with Crippen molar-refractivity contribution in [2.45, 2.75) is 19.4 Å². The van der Waals surface area contributed by atoms with E-state index in [0.717, 1.165) is 0 Å². The first-order chi connectivity index (χ1) is 7.72. The van der Waals surface area contributed by atoms with Crippen molar-refractivity contribution in [2.24, 2.45) is 0 Å². The van der Waals surface area contributed by atoms with Crippen LogP contribution in [-0.2, 0) is 14.3 Å². The molecule has 1 aromatic rings. The number of hydrogen-bond acceptors (Lipinski definition) is 6. The second-order valence-corrected chi connectivity index (χ2v) is 3.28. The maximum absolute atomic E-state index is 11.3. The van der Waals surface area contributed by atoms with Crippen LogP contribution in [-0.4, -0.2) is 40.1 Å². The number of nitrogens with zero attached hydrogens (tertiary/aromatic N) is 3. The van der Waals surface area contributed by atoms with E-state index >= 15 is 0 Å². The van der Waals surface area contributed by atoms with E-state index in [2.05, 4.69) is 10.3 Å². The fourth-order valence-electron chi connectivity index (χ4n) is 1.45. The van der Waals surface area contributed by atoms with Gasteiger partial charge in [-0.25, -0.2) is 14.3 Å². The Morgan fingerprint density at radius 1 is 1.75 bits per heavy atom. The monoisotopic (exact) mass is 225 g/mol. The topological polar surface area (TPSA) is 83.3 Å². The van der Waals surface area contributed by atoms with Crippen molar-refractivity contribution in [2.75, 3.05) is 13.2 Å². The molecule has 1 unspecified atom stereocenters. The zero-order valence-corrected chi connectivity index (χ0v) is 8.75. The zero-order chi connectivity index (χ0) is 11.5. The van der Waals surface area contributed by atoms with Gasteiger partial charge in [-0.15, -0.1) is 5.10 Å². The van der Waals surface area contributed by atoms with E-state index in [1.165, 1.54) is 10.9 Å². The van der Waals surface area contributed by atoms with Gasteiger partial charge in [0.15, 0.2) is 11.7 Å². The molecular formula is C9H11N3O4. The van der Waals surface area contributed by atoms with Crippen LogP contribution in [0.5, 0.6) is 0 Å². The third-order valence-corrected chi connectivity index (χ3v) is 2.22. The van der Waals surface area contributed by atoms with Gasteiger partial charge in [-0.3, -0.25) is 0 Å². The lowest BCUT2D eigenvalue weighted by Gasteiger charge is -2.02. The number of rotatable bonds is 3. The number of aromatic nitrogens is 3. The molecule has 0 amide bonds. The van der Waals surface area contributed by atoms with Crippen molar-refractivity contribution in [3.05, 3.63) is 11.9 Å². The quantitative estimate of drug-likeness (QED) is 0.670. The minimum absolute atomic E-state index is 0.0987. The molecule has 0 spiro atoms. The molecule has 0 N–H and O–H groups in total. The van der Waals surface area contributed by atoms with Crippen LogP contribution in [0.1, 0.15) is 29.9 Å². The Labute approximate surface area is 91.3 Å². The van der Waals surface area contributed by atoms with Crippen molar-refractivity contribution in [1.29, 1.82) is 0 Å². The summed E-state index contributed by atoms with van der Waals surface area (Å²) in [6.45, 7) is 2.35. The summed E-state index contributed by atoms with van der Waals surface area (Å²) in [7, 11) is 0. The number of ether oxygens (including phenoxy) is 2. The van der Waals surface area contributed by atoms with E-state index in [0.29, 0.717) is 13.0 Å². The molecule has 86 valence electrons. The smallest absolute Gasteiger partial charge is 0.360 e. The Bertz CT molecular complexity index is 415. The number of esters is 2. The van der Waals surface area contributed by atoms with E-state index in [-0.39, 0.29) is 18.3 Å². The molecule has 1 aliphatic rings. The first kappa shape index (κ1) is 10.6. The van der Waals surface area contributed by atoms with Crippen LogP contribution in [0.2, 0.25) is 0 Å². The lowest BCUT2D eigenvalue weighted by molar-refractivity contribution is -0.140. The molecule has 2 rings (SSSR count). The molecule has 0 saturated carbocycles. The first-order valence-corrected chi connectivity index (χ1v) is 4.98. The average Bonchev–Trinajstić information content (AvgIpc) is 2.86. The van der Waals surface area contributed by atoms with Crippen molar-refractivity contribution in [3.63, 3.8) is 0 Å². The number of cyclic esters (lactones) is 1. The standard InChI is InChI=1S/C9H11N3O4/c1-2-15-8(13)6-5-12(11-10-6)7-3-4-16-9(7)14/h5,7H,2-4H2,1H3. The zero-order valence-electron chi connectivity index (χ0n) is 8.75. The minimum Gasteiger partial charge on any atom is -0.464 e. The Balaban J connectivity index is 2.13. The van der Waals surface area contributed by atoms with Gasteiger partial charge in [0, 0.05) is 6.42 Å². The molecule has 16 heavy (non-hydrogen) atoms. The summed E-state index contributed by atoms with van der Waals surface area (Å²) in [5, 5.41) is 7.36. The van der Waals surface area contributed by atoms with Gasteiger partial charge in [0.2, 0.25) is 0 Å². The highest BCUT2D eigenvalue weighted by Crippen LogP contribution is 2.19. The van der Waals surface area contributed by atoms with Gasteiger partial charge in [-0.1, -0.05) is 5.21 Å². The average molecular weight is 225 g/mol. The van der Waals surface area contributed by atoms with Gasteiger partial charge in [0.05, 0.1) is 19.4 Å². The summed E-state index contributed by atoms with van der Waals surface area (Å²) in [6, 6.07) is -0.476. The highest BCUT2D eigenvalue weighted by molar-refractivity contribution is 5.86. The number of carbonyl (C=O) groups is 2. The van der Waals surface area contributed by atoms with E-state index in [9.17, 15) is 9.59 Å². The summed E-state index contributed by atoms with van der Waals surface area (Å²) >= 11 is 0. The number of carbonyl (C=O) groups excluding carboxylic acids is 2. The molecule has 2 heterocycles. The largest absolute Gasteiger partial charge is 0.464 e. The highest BCUT2D eigenvalue weighted by Gasteiger charge is 2.30. The fourth-order valence-corrected chi connectivity index (χ4v) is 1.45. The highest BCUT2D eigenvalue weighted by atomic mass is 16.5. The summed E-state index contributed by atoms with van der Waals surface area (Å²) in [5.74, 6) is -0.888. The minimum atomic E-state index is -0.542. The molecule has 1 saturated heterocycles. The molecule has 1 fully saturated rings. The van der Waals surface area contributed by atoms with Crippen molar-refractivity contribution >= 4 is 11.9 Å². The van der Waals surface area contributed by atoms with Crippen LogP contribution in [0.15, 0.2) is 6.20 Å². The molecule has 0 aromatic carbocycles. The van der Waals surface area contributed by atoms with Gasteiger partial charge in [0.25, 0.3) is 0 Å². The maximum atomic E-state index is 11.3. The summed E-state index contributed by atoms with van der Waals surface area (Å²) in [5.41, 5.74) is 0.0987. The van der Waals surface area contributed by atoms with E-state index < -0.39 is 12.0 Å². The van der Waals surface area contributed by atoms with Crippen LogP contribution in [0.4, 0.5) is 0 Å². The van der Waals surface area contributed by atoms with Crippen LogP contribution < -0.4 is 0 Å². The first-order valence-electron chi connectivity index (χ1n) is 4.98. The molecule has 7 nitrogen and oxygen atoms in total. The van der Waals surface area contributed by atoms with Crippen LogP contribution in [0.3, 0.4) is 0 Å². The molecular weight excluding hydrogens is 214 g/mol. The second kappa shape index (κ2) is 4.30. The fraction of sp³-hybridized carbons (Fsp3) is 0.556. The van der Waals surface area contributed by atoms with Crippen molar-refractivity contribution in [3.8, 4) is 0 Å². The van der Waals surface area contributed by atoms with Gasteiger partial charge in [-0.2, -0.15) is 0 Å². The van der Waals surface area contributed by atoms with Crippen molar-refractivity contribution in [1.82, 2.24) is 15.0 Å². The third kappa shape index (κ3) is 1.88. The Kier molecular flexibility index (Phi) is 2.84. The van der Waals surface area contributed by atoms with E-state index in [4.69, 9.17) is 9.47 Å². The molecule has 0 radical (unpaired) electrons. The normalized spacial score (nSPS) is 19.6. The third-order valence-electron chi connectivity index (χ3n) is 2.22. The maximum Gasteiger partial charge on any atom is 0.360 e. The van der Waals surface area contributed by atoms with E-state index in [1.807, 2.05) is 0 Å². The van der Waals surface area contributed by atoms with E-state index in [1.54, 1.807) is 6.92 Å². The Morgan fingerprint density at radius 3 is 3.19 bits per heavy atom.